The van der Waals surface area contributed by atoms with E-state index >= 15 is 0 Å². The van der Waals surface area contributed by atoms with Gasteiger partial charge in [0.05, 0.1) is 12.3 Å². The van der Waals surface area contributed by atoms with Crippen molar-refractivity contribution in [3.05, 3.63) is 36.0 Å². The molecule has 1 N–H and O–H groups in total. The van der Waals surface area contributed by atoms with Crippen molar-refractivity contribution in [3.8, 4) is 5.75 Å². The second kappa shape index (κ2) is 5.15. The Morgan fingerprint density at radius 2 is 2.06 bits per heavy atom. The Hall–Kier alpha value is -1.61. The lowest BCUT2D eigenvalue weighted by molar-refractivity contribution is 0.0950. The highest BCUT2D eigenvalue weighted by Crippen LogP contribution is 2.22. The molecule has 0 atom stereocenters. The lowest BCUT2D eigenvalue weighted by Gasteiger charge is -2.07. The van der Waals surface area contributed by atoms with E-state index in [-0.39, 0.29) is 5.75 Å². The van der Waals surface area contributed by atoms with Gasteiger partial charge in [0, 0.05) is 12.0 Å². The first kappa shape index (κ1) is 11.9. The van der Waals surface area contributed by atoms with Gasteiger partial charge in [-0.05, 0) is 18.1 Å². The molecule has 0 aliphatic carbocycles. The number of ether oxygens (including phenoxy) is 1. The number of benzene rings is 1. The number of fused-ring (bicyclic) bond motifs is 1. The molecule has 0 aliphatic rings. The van der Waals surface area contributed by atoms with Crippen molar-refractivity contribution in [1.82, 2.24) is 4.98 Å². The summed E-state index contributed by atoms with van der Waals surface area (Å²) in [5.41, 5.74) is 1.48. The Morgan fingerprint density at radius 3 is 2.82 bits per heavy atom. The maximum Gasteiger partial charge on any atom is 0.141 e. The van der Waals surface area contributed by atoms with Gasteiger partial charge in [-0.15, -0.1) is 0 Å². The van der Waals surface area contributed by atoms with Gasteiger partial charge in [0.25, 0.3) is 0 Å². The third kappa shape index (κ3) is 2.94. The van der Waals surface area contributed by atoms with E-state index in [0.717, 1.165) is 17.7 Å². The lowest BCUT2D eigenvalue weighted by Crippen LogP contribution is -2.03. The van der Waals surface area contributed by atoms with Gasteiger partial charge in [0.2, 0.25) is 0 Å². The third-order valence-electron chi connectivity index (χ3n) is 2.46. The largest absolute Gasteiger partial charge is 0.506 e. The summed E-state index contributed by atoms with van der Waals surface area (Å²) >= 11 is 0. The summed E-state index contributed by atoms with van der Waals surface area (Å²) in [6.45, 7) is 5.43. The number of rotatable bonds is 4. The van der Waals surface area contributed by atoms with Crippen molar-refractivity contribution in [2.75, 3.05) is 6.61 Å². The molecule has 0 unspecified atom stereocenters. The smallest absolute Gasteiger partial charge is 0.141 e. The van der Waals surface area contributed by atoms with Crippen LogP contribution in [0.15, 0.2) is 30.3 Å². The second-order valence-corrected chi connectivity index (χ2v) is 4.56. The minimum Gasteiger partial charge on any atom is -0.506 e. The summed E-state index contributed by atoms with van der Waals surface area (Å²) in [7, 11) is 0. The molecule has 1 aromatic carbocycles. The van der Waals surface area contributed by atoms with Crippen molar-refractivity contribution in [3.63, 3.8) is 0 Å². The number of nitrogens with zero attached hydrogens (tertiary/aromatic N) is 1. The summed E-state index contributed by atoms with van der Waals surface area (Å²) in [6, 6.07) is 9.28. The zero-order chi connectivity index (χ0) is 12.3. The van der Waals surface area contributed by atoms with Crippen LogP contribution in [-0.4, -0.2) is 16.7 Å². The van der Waals surface area contributed by atoms with E-state index in [2.05, 4.69) is 18.8 Å². The molecule has 0 spiro atoms. The molecular formula is C14H17NO2. The normalized spacial score (nSPS) is 11.2. The maximum absolute atomic E-state index is 9.71. The molecule has 2 aromatic rings. The Bertz CT molecular complexity index is 509. The molecule has 1 heterocycles. The van der Waals surface area contributed by atoms with Crippen LogP contribution in [-0.2, 0) is 11.3 Å². The summed E-state index contributed by atoms with van der Waals surface area (Å²) in [4.78, 5) is 4.40. The lowest BCUT2D eigenvalue weighted by atomic mass is 10.2. The minimum atomic E-state index is 0.216. The van der Waals surface area contributed by atoms with Crippen LogP contribution in [0.1, 0.15) is 19.5 Å². The predicted molar refractivity (Wildman–Crippen MR) is 67.9 cm³/mol. The number of hydrogen-bond acceptors (Lipinski definition) is 3. The van der Waals surface area contributed by atoms with E-state index < -0.39 is 0 Å². The second-order valence-electron chi connectivity index (χ2n) is 4.56. The van der Waals surface area contributed by atoms with Crippen molar-refractivity contribution >= 4 is 10.9 Å². The average molecular weight is 231 g/mol. The highest BCUT2D eigenvalue weighted by molar-refractivity contribution is 5.84. The Balaban J connectivity index is 2.17. The topological polar surface area (TPSA) is 42.4 Å². The van der Waals surface area contributed by atoms with Crippen LogP contribution in [0.2, 0.25) is 0 Å². The van der Waals surface area contributed by atoms with Crippen molar-refractivity contribution in [2.45, 2.75) is 20.5 Å². The van der Waals surface area contributed by atoms with Gasteiger partial charge in [-0.2, -0.15) is 0 Å². The van der Waals surface area contributed by atoms with Crippen LogP contribution in [0.25, 0.3) is 10.9 Å². The van der Waals surface area contributed by atoms with E-state index in [1.165, 1.54) is 0 Å². The zero-order valence-corrected chi connectivity index (χ0v) is 10.2. The number of hydrogen-bond donors (Lipinski definition) is 1. The molecule has 0 amide bonds. The van der Waals surface area contributed by atoms with Crippen molar-refractivity contribution in [1.29, 1.82) is 0 Å². The van der Waals surface area contributed by atoms with Gasteiger partial charge in [-0.25, -0.2) is 4.98 Å². The number of aromatic nitrogens is 1. The standard InChI is InChI=1S/C14H17NO2/c1-10(2)8-17-9-12-7-6-11-4-3-5-13(16)14(11)15-12/h3-7,10,16H,8-9H2,1-2H3. The fourth-order valence-corrected chi connectivity index (χ4v) is 1.65. The highest BCUT2D eigenvalue weighted by Gasteiger charge is 2.03. The minimum absolute atomic E-state index is 0.216. The molecule has 0 radical (unpaired) electrons. The molecule has 1 aromatic heterocycles. The summed E-state index contributed by atoms with van der Waals surface area (Å²) in [5, 5.41) is 10.6. The maximum atomic E-state index is 9.71. The fourth-order valence-electron chi connectivity index (χ4n) is 1.65. The molecule has 0 saturated heterocycles. The number of aromatic hydroxyl groups is 1. The van der Waals surface area contributed by atoms with Crippen LogP contribution in [0.4, 0.5) is 0 Å². The average Bonchev–Trinajstić information content (AvgIpc) is 2.30. The molecule has 17 heavy (non-hydrogen) atoms. The quantitative estimate of drug-likeness (QED) is 0.879. The third-order valence-corrected chi connectivity index (χ3v) is 2.46. The van der Waals surface area contributed by atoms with E-state index in [1.54, 1.807) is 6.07 Å². The van der Waals surface area contributed by atoms with Crippen LogP contribution in [0.3, 0.4) is 0 Å². The first-order valence-electron chi connectivity index (χ1n) is 5.82. The Morgan fingerprint density at radius 1 is 1.24 bits per heavy atom. The van der Waals surface area contributed by atoms with E-state index in [1.807, 2.05) is 24.3 Å². The summed E-state index contributed by atoms with van der Waals surface area (Å²) in [6.07, 6.45) is 0. The SMILES string of the molecule is CC(C)COCc1ccc2cccc(O)c2n1. The molecule has 0 bridgehead atoms. The molecular weight excluding hydrogens is 214 g/mol. The summed E-state index contributed by atoms with van der Waals surface area (Å²) in [5.74, 6) is 0.733. The zero-order valence-electron chi connectivity index (χ0n) is 10.2. The predicted octanol–water partition coefficient (Wildman–Crippen LogP) is 3.11. The molecule has 0 saturated carbocycles. The Kier molecular flexibility index (Phi) is 3.59. The van der Waals surface area contributed by atoms with Crippen LogP contribution in [0, 0.1) is 5.92 Å². The summed E-state index contributed by atoms with van der Waals surface area (Å²) < 4.78 is 5.53. The van der Waals surface area contributed by atoms with E-state index in [4.69, 9.17) is 4.74 Å². The number of phenols is 1. The van der Waals surface area contributed by atoms with E-state index in [9.17, 15) is 5.11 Å². The molecule has 90 valence electrons. The molecule has 3 heteroatoms. The van der Waals surface area contributed by atoms with Gasteiger partial charge in [0.15, 0.2) is 0 Å². The first-order chi connectivity index (χ1) is 8.16. The van der Waals surface area contributed by atoms with E-state index in [0.29, 0.717) is 18.0 Å². The van der Waals surface area contributed by atoms with Gasteiger partial charge in [-0.1, -0.05) is 32.0 Å². The van der Waals surface area contributed by atoms with Gasteiger partial charge in [-0.3, -0.25) is 0 Å². The first-order valence-corrected chi connectivity index (χ1v) is 5.82. The highest BCUT2D eigenvalue weighted by atomic mass is 16.5. The molecule has 2 rings (SSSR count). The van der Waals surface area contributed by atoms with Crippen molar-refractivity contribution < 1.29 is 9.84 Å². The molecule has 3 nitrogen and oxygen atoms in total. The van der Waals surface area contributed by atoms with Crippen LogP contribution in [0.5, 0.6) is 5.75 Å². The van der Waals surface area contributed by atoms with Gasteiger partial charge in [0.1, 0.15) is 11.3 Å². The Labute approximate surface area is 101 Å². The number of para-hydroxylation sites is 1. The number of pyridine rings is 1. The fraction of sp³-hybridized carbons (Fsp3) is 0.357. The monoisotopic (exact) mass is 231 g/mol. The molecule has 0 fully saturated rings. The molecule has 0 aliphatic heterocycles. The number of phenolic OH excluding ortho intramolecular Hbond substituents is 1. The van der Waals surface area contributed by atoms with Crippen LogP contribution >= 0.6 is 0 Å². The van der Waals surface area contributed by atoms with Gasteiger partial charge >= 0.3 is 0 Å². The van der Waals surface area contributed by atoms with Gasteiger partial charge < -0.3 is 9.84 Å². The van der Waals surface area contributed by atoms with Crippen LogP contribution < -0.4 is 0 Å². The van der Waals surface area contributed by atoms with Crippen molar-refractivity contribution in [2.24, 2.45) is 5.92 Å².